The number of alkyl halides is 3. The lowest BCUT2D eigenvalue weighted by Gasteiger charge is -2.27. The van der Waals surface area contributed by atoms with Crippen LogP contribution in [0.15, 0.2) is 28.2 Å². The van der Waals surface area contributed by atoms with Crippen LogP contribution in [0.2, 0.25) is 5.02 Å². The van der Waals surface area contributed by atoms with Crippen LogP contribution < -0.4 is 16.2 Å². The van der Waals surface area contributed by atoms with Crippen LogP contribution in [0.25, 0.3) is 0 Å². The van der Waals surface area contributed by atoms with Gasteiger partial charge in [0.05, 0.1) is 10.7 Å². The molecule has 1 heterocycles. The third-order valence-corrected chi connectivity index (χ3v) is 3.59. The van der Waals surface area contributed by atoms with Crippen LogP contribution in [0.1, 0.15) is 19.3 Å². The van der Waals surface area contributed by atoms with E-state index in [0.717, 1.165) is 38.4 Å². The van der Waals surface area contributed by atoms with Crippen molar-refractivity contribution in [2.75, 3.05) is 13.1 Å². The molecule has 148 valence electrons. The number of hydrogen-bond acceptors (Lipinski definition) is 2. The second-order valence-electron chi connectivity index (χ2n) is 5.15. The summed E-state index contributed by atoms with van der Waals surface area (Å²) < 4.78 is 40.3. The van der Waals surface area contributed by atoms with Gasteiger partial charge in [0.2, 0.25) is 5.96 Å². The smallest absolute Gasteiger partial charge is 0.404 e. The van der Waals surface area contributed by atoms with Gasteiger partial charge in [-0.05, 0) is 37.5 Å². The van der Waals surface area contributed by atoms with E-state index in [2.05, 4.69) is 14.7 Å². The maximum absolute atomic E-state index is 12.2. The van der Waals surface area contributed by atoms with E-state index >= 15 is 0 Å². The van der Waals surface area contributed by atoms with Gasteiger partial charge >= 0.3 is 6.36 Å². The van der Waals surface area contributed by atoms with Crippen molar-refractivity contribution in [3.63, 3.8) is 0 Å². The second kappa shape index (κ2) is 10.5. The summed E-state index contributed by atoms with van der Waals surface area (Å²) in [7, 11) is 0. The quantitative estimate of drug-likeness (QED) is 0.545. The molecule has 0 amide bonds. The third-order valence-electron chi connectivity index (χ3n) is 3.29. The van der Waals surface area contributed by atoms with E-state index in [9.17, 15) is 13.2 Å². The number of benzene rings is 1. The van der Waals surface area contributed by atoms with E-state index in [1.54, 1.807) is 0 Å². The van der Waals surface area contributed by atoms with Gasteiger partial charge in [0.15, 0.2) is 5.96 Å². The van der Waals surface area contributed by atoms with Crippen LogP contribution >= 0.6 is 36.4 Å². The molecule has 1 fully saturated rings. The number of nitrogens with zero attached hydrogens (tertiary/aromatic N) is 3. The van der Waals surface area contributed by atoms with Crippen molar-refractivity contribution < 1.29 is 17.9 Å². The van der Waals surface area contributed by atoms with Gasteiger partial charge in [-0.25, -0.2) is 4.99 Å². The summed E-state index contributed by atoms with van der Waals surface area (Å²) in [6.07, 6.45) is -1.61. The Bertz CT molecular complexity index is 649. The Morgan fingerprint density at radius 3 is 2.27 bits per heavy atom. The van der Waals surface area contributed by atoms with Gasteiger partial charge in [0.25, 0.3) is 0 Å². The van der Waals surface area contributed by atoms with Crippen LogP contribution in [0, 0.1) is 0 Å². The molecular weight excluding hydrogens is 418 g/mol. The van der Waals surface area contributed by atoms with Crippen molar-refractivity contribution in [2.24, 2.45) is 21.5 Å². The molecule has 26 heavy (non-hydrogen) atoms. The number of guanidine groups is 2. The van der Waals surface area contributed by atoms with E-state index in [0.29, 0.717) is 0 Å². The largest absolute Gasteiger partial charge is 0.573 e. The molecule has 0 radical (unpaired) electrons. The zero-order valence-electron chi connectivity index (χ0n) is 13.5. The predicted molar refractivity (Wildman–Crippen MR) is 101 cm³/mol. The first-order chi connectivity index (χ1) is 11.2. The monoisotopic (exact) mass is 435 g/mol. The van der Waals surface area contributed by atoms with E-state index in [-0.39, 0.29) is 47.4 Å². The minimum absolute atomic E-state index is 0. The van der Waals surface area contributed by atoms with Crippen molar-refractivity contribution in [2.45, 2.75) is 25.6 Å². The molecule has 0 aromatic heterocycles. The normalized spacial score (nSPS) is 15.8. The Labute approximate surface area is 166 Å². The lowest BCUT2D eigenvalue weighted by molar-refractivity contribution is -0.274. The summed E-state index contributed by atoms with van der Waals surface area (Å²) in [5, 5.41) is -0.241. The molecule has 0 bridgehead atoms. The van der Waals surface area contributed by atoms with Gasteiger partial charge in [-0.2, -0.15) is 4.99 Å². The molecule has 1 aromatic rings. The summed E-state index contributed by atoms with van der Waals surface area (Å²) in [4.78, 5) is 9.87. The van der Waals surface area contributed by atoms with Gasteiger partial charge in [-0.3, -0.25) is 0 Å². The first-order valence-electron chi connectivity index (χ1n) is 7.23. The highest BCUT2D eigenvalue weighted by Gasteiger charge is 2.32. The molecule has 0 saturated carbocycles. The average molecular weight is 437 g/mol. The molecule has 0 atom stereocenters. The van der Waals surface area contributed by atoms with Crippen LogP contribution in [-0.4, -0.2) is 36.3 Å². The summed E-state index contributed by atoms with van der Waals surface area (Å²) in [5.41, 5.74) is 11.8. The van der Waals surface area contributed by atoms with Gasteiger partial charge in [0, 0.05) is 13.1 Å². The Morgan fingerprint density at radius 1 is 1.12 bits per heavy atom. The molecule has 4 N–H and O–H groups in total. The molecule has 0 aliphatic carbocycles. The van der Waals surface area contributed by atoms with Gasteiger partial charge < -0.3 is 21.1 Å². The van der Waals surface area contributed by atoms with Crippen molar-refractivity contribution in [1.82, 2.24) is 4.90 Å². The maximum atomic E-state index is 12.2. The standard InChI is InChI=1S/C14H17ClF3N5O.2ClH/c15-10-8-9(4-5-11(10)24-14(16,17)18)21-12(19)22-13(20)23-6-2-1-3-7-23;;/h4-5,8H,1-3,6-7H2,(H4,19,20,21,22);2*1H. The fraction of sp³-hybridized carbons (Fsp3) is 0.429. The maximum Gasteiger partial charge on any atom is 0.573 e. The zero-order valence-corrected chi connectivity index (χ0v) is 15.9. The van der Waals surface area contributed by atoms with Crippen LogP contribution in [0.3, 0.4) is 0 Å². The van der Waals surface area contributed by atoms with E-state index in [1.807, 2.05) is 4.90 Å². The van der Waals surface area contributed by atoms with E-state index in [1.165, 1.54) is 12.1 Å². The Morgan fingerprint density at radius 2 is 1.73 bits per heavy atom. The molecule has 0 unspecified atom stereocenters. The number of hydrogen-bond donors (Lipinski definition) is 2. The Hall–Kier alpha value is -1.58. The first-order valence-corrected chi connectivity index (χ1v) is 7.61. The fourth-order valence-corrected chi connectivity index (χ4v) is 2.45. The van der Waals surface area contributed by atoms with Crippen molar-refractivity contribution >= 4 is 54.0 Å². The fourth-order valence-electron chi connectivity index (χ4n) is 2.24. The highest BCUT2D eigenvalue weighted by Crippen LogP contribution is 2.32. The number of ether oxygens (including phenoxy) is 1. The average Bonchev–Trinajstić information content (AvgIpc) is 2.49. The topological polar surface area (TPSA) is 89.2 Å². The van der Waals surface area contributed by atoms with Crippen LogP contribution in [0.5, 0.6) is 5.75 Å². The highest BCUT2D eigenvalue weighted by atomic mass is 35.5. The molecule has 1 aromatic carbocycles. The first kappa shape index (κ1) is 24.4. The van der Waals surface area contributed by atoms with Crippen LogP contribution in [-0.2, 0) is 0 Å². The van der Waals surface area contributed by atoms with Crippen molar-refractivity contribution in [3.05, 3.63) is 23.2 Å². The number of halogens is 6. The summed E-state index contributed by atoms with van der Waals surface area (Å²) >= 11 is 5.74. The van der Waals surface area contributed by atoms with Gasteiger partial charge in [-0.15, -0.1) is 38.0 Å². The minimum Gasteiger partial charge on any atom is -0.404 e. The number of nitrogens with two attached hydrogens (primary N) is 2. The van der Waals surface area contributed by atoms with E-state index in [4.69, 9.17) is 23.1 Å². The summed E-state index contributed by atoms with van der Waals surface area (Å²) in [5.74, 6) is -0.365. The minimum atomic E-state index is -4.82. The Kier molecular flexibility index (Phi) is 9.90. The second-order valence-corrected chi connectivity index (χ2v) is 5.56. The molecule has 6 nitrogen and oxygen atoms in total. The van der Waals surface area contributed by atoms with E-state index < -0.39 is 12.1 Å². The summed E-state index contributed by atoms with van der Waals surface area (Å²) in [6, 6.07) is 3.54. The highest BCUT2D eigenvalue weighted by molar-refractivity contribution is 6.32. The van der Waals surface area contributed by atoms with Crippen molar-refractivity contribution in [3.8, 4) is 5.75 Å². The predicted octanol–water partition coefficient (Wildman–Crippen LogP) is 3.83. The third kappa shape index (κ3) is 7.76. The lowest BCUT2D eigenvalue weighted by atomic mass is 10.1. The summed E-state index contributed by atoms with van der Waals surface area (Å²) in [6.45, 7) is 1.61. The molecule has 1 aliphatic rings. The number of piperidine rings is 1. The van der Waals surface area contributed by atoms with Crippen LogP contribution in [0.4, 0.5) is 18.9 Å². The molecule has 0 spiro atoms. The molecule has 1 aliphatic heterocycles. The van der Waals surface area contributed by atoms with Gasteiger partial charge in [0.1, 0.15) is 5.75 Å². The van der Waals surface area contributed by atoms with Crippen molar-refractivity contribution in [1.29, 1.82) is 0 Å². The molecular formula is C14H19Cl3F3N5O. The molecule has 2 rings (SSSR count). The number of likely N-dealkylation sites (tertiary alicyclic amines) is 1. The number of rotatable bonds is 2. The van der Waals surface area contributed by atoms with Gasteiger partial charge in [-0.1, -0.05) is 11.6 Å². The Balaban J connectivity index is 0.00000312. The number of aliphatic imine (C=N–C) groups is 2. The lowest BCUT2D eigenvalue weighted by Crippen LogP contribution is -2.41. The SMILES string of the molecule is Cl.Cl.NC(=Nc1ccc(OC(F)(F)F)c(Cl)c1)/N=C(/N)N1CCCCC1. The molecule has 1 saturated heterocycles. The molecule has 12 heteroatoms. The zero-order chi connectivity index (χ0) is 17.7.